The van der Waals surface area contributed by atoms with Gasteiger partial charge in [-0.1, -0.05) is 12.1 Å². The summed E-state index contributed by atoms with van der Waals surface area (Å²) in [5.41, 5.74) is 1.50. The molecule has 0 saturated heterocycles. The van der Waals surface area contributed by atoms with E-state index in [-0.39, 0.29) is 17.0 Å². The number of fused-ring (bicyclic) bond motifs is 1. The van der Waals surface area contributed by atoms with E-state index in [1.54, 1.807) is 32.5 Å². The number of rotatable bonds is 6. The molecule has 2 aromatic carbocycles. The topological polar surface area (TPSA) is 69.6 Å². The number of carbonyl (C=O) groups excluding carboxylic acids is 1. The van der Waals surface area contributed by atoms with Crippen molar-refractivity contribution in [1.29, 1.82) is 0 Å². The van der Waals surface area contributed by atoms with Crippen LogP contribution in [-0.4, -0.2) is 24.7 Å². The Bertz CT molecular complexity index is 1050. The molecular formula is C22H24N2O4. The van der Waals surface area contributed by atoms with Crippen LogP contribution in [0.2, 0.25) is 0 Å². The van der Waals surface area contributed by atoms with E-state index in [2.05, 4.69) is 5.32 Å². The molecule has 0 aliphatic carbocycles. The zero-order valence-corrected chi connectivity index (χ0v) is 16.5. The van der Waals surface area contributed by atoms with Crippen LogP contribution in [0.25, 0.3) is 10.9 Å². The fraction of sp³-hybridized carbons (Fsp3) is 0.273. The lowest BCUT2D eigenvalue weighted by molar-refractivity contribution is 0.0938. The molecule has 1 N–H and O–H groups in total. The molecule has 1 aromatic heterocycles. The van der Waals surface area contributed by atoms with Gasteiger partial charge in [-0.05, 0) is 49.7 Å². The molecule has 0 aliphatic heterocycles. The number of hydrogen-bond donors (Lipinski definition) is 1. The average molecular weight is 380 g/mol. The molecule has 0 fully saturated rings. The Morgan fingerprint density at radius 1 is 1.07 bits per heavy atom. The first-order chi connectivity index (χ1) is 13.5. The molecule has 0 saturated carbocycles. The summed E-state index contributed by atoms with van der Waals surface area (Å²) in [7, 11) is 3.15. The molecule has 1 atom stereocenters. The fourth-order valence-electron chi connectivity index (χ4n) is 3.18. The fourth-order valence-corrected chi connectivity index (χ4v) is 3.18. The minimum atomic E-state index is -0.403. The summed E-state index contributed by atoms with van der Waals surface area (Å²) in [5.74, 6) is 0.924. The second kappa shape index (κ2) is 8.17. The third kappa shape index (κ3) is 3.71. The van der Waals surface area contributed by atoms with Crippen molar-refractivity contribution < 1.29 is 14.3 Å². The highest BCUT2D eigenvalue weighted by atomic mass is 16.5. The Labute approximate surface area is 163 Å². The van der Waals surface area contributed by atoms with Gasteiger partial charge in [-0.25, -0.2) is 0 Å². The minimum absolute atomic E-state index is 0.114. The quantitative estimate of drug-likeness (QED) is 0.710. The van der Waals surface area contributed by atoms with Crippen molar-refractivity contribution in [2.75, 3.05) is 14.2 Å². The van der Waals surface area contributed by atoms with Crippen LogP contribution in [0.1, 0.15) is 35.8 Å². The highest BCUT2D eigenvalue weighted by Crippen LogP contribution is 2.20. The van der Waals surface area contributed by atoms with Crippen molar-refractivity contribution in [3.63, 3.8) is 0 Å². The molecule has 3 aromatic rings. The first kappa shape index (κ1) is 19.5. The van der Waals surface area contributed by atoms with Gasteiger partial charge >= 0.3 is 0 Å². The van der Waals surface area contributed by atoms with E-state index in [0.717, 1.165) is 16.8 Å². The molecule has 3 rings (SSSR count). The zero-order valence-electron chi connectivity index (χ0n) is 16.5. The van der Waals surface area contributed by atoms with Crippen molar-refractivity contribution in [1.82, 2.24) is 9.88 Å². The van der Waals surface area contributed by atoms with E-state index in [0.29, 0.717) is 17.7 Å². The van der Waals surface area contributed by atoms with Crippen molar-refractivity contribution in [3.8, 4) is 11.5 Å². The molecule has 0 unspecified atom stereocenters. The van der Waals surface area contributed by atoms with Gasteiger partial charge in [0.1, 0.15) is 17.1 Å². The van der Waals surface area contributed by atoms with Crippen LogP contribution in [-0.2, 0) is 6.54 Å². The average Bonchev–Trinajstić information content (AvgIpc) is 2.73. The van der Waals surface area contributed by atoms with Crippen LogP contribution in [0, 0.1) is 0 Å². The van der Waals surface area contributed by atoms with Gasteiger partial charge in [0.25, 0.3) is 5.91 Å². The number of carbonyl (C=O) groups is 1. The number of pyridine rings is 1. The Morgan fingerprint density at radius 2 is 1.71 bits per heavy atom. The Kier molecular flexibility index (Phi) is 5.68. The maximum atomic E-state index is 13.0. The summed E-state index contributed by atoms with van der Waals surface area (Å²) in [4.78, 5) is 25.8. The van der Waals surface area contributed by atoms with Gasteiger partial charge in [-0.15, -0.1) is 0 Å². The van der Waals surface area contributed by atoms with Crippen LogP contribution in [0.4, 0.5) is 0 Å². The smallest absolute Gasteiger partial charge is 0.257 e. The highest BCUT2D eigenvalue weighted by Gasteiger charge is 2.18. The number of benzene rings is 2. The zero-order chi connectivity index (χ0) is 20.3. The van der Waals surface area contributed by atoms with Gasteiger partial charge in [-0.3, -0.25) is 9.59 Å². The van der Waals surface area contributed by atoms with E-state index in [9.17, 15) is 9.59 Å². The monoisotopic (exact) mass is 380 g/mol. The van der Waals surface area contributed by atoms with E-state index in [4.69, 9.17) is 9.47 Å². The summed E-state index contributed by atoms with van der Waals surface area (Å²) in [6, 6.07) is 12.5. The van der Waals surface area contributed by atoms with E-state index in [1.807, 2.05) is 48.7 Å². The van der Waals surface area contributed by atoms with Gasteiger partial charge < -0.3 is 19.4 Å². The van der Waals surface area contributed by atoms with E-state index < -0.39 is 5.91 Å². The largest absolute Gasteiger partial charge is 0.497 e. The van der Waals surface area contributed by atoms with Gasteiger partial charge in [0, 0.05) is 12.7 Å². The number of hydrogen-bond acceptors (Lipinski definition) is 4. The van der Waals surface area contributed by atoms with Gasteiger partial charge in [0.15, 0.2) is 0 Å². The number of aromatic nitrogens is 1. The molecular weight excluding hydrogens is 356 g/mol. The number of nitrogens with zero attached hydrogens (tertiary/aromatic N) is 1. The van der Waals surface area contributed by atoms with E-state index >= 15 is 0 Å². The Balaban J connectivity index is 1.96. The third-order valence-corrected chi connectivity index (χ3v) is 4.84. The Morgan fingerprint density at radius 3 is 2.32 bits per heavy atom. The summed E-state index contributed by atoms with van der Waals surface area (Å²) < 4.78 is 12.3. The van der Waals surface area contributed by atoms with Crippen molar-refractivity contribution in [3.05, 3.63) is 70.0 Å². The first-order valence-corrected chi connectivity index (χ1v) is 9.14. The summed E-state index contributed by atoms with van der Waals surface area (Å²) >= 11 is 0. The van der Waals surface area contributed by atoms with Gasteiger partial charge in [0.2, 0.25) is 5.43 Å². The molecule has 0 aliphatic rings. The number of ether oxygens (including phenoxy) is 2. The molecule has 28 heavy (non-hydrogen) atoms. The summed E-state index contributed by atoms with van der Waals surface area (Å²) in [5, 5.41) is 3.37. The predicted molar refractivity (Wildman–Crippen MR) is 109 cm³/mol. The molecule has 6 nitrogen and oxygen atoms in total. The normalized spacial score (nSPS) is 11.9. The maximum Gasteiger partial charge on any atom is 0.257 e. The lowest BCUT2D eigenvalue weighted by atomic mass is 10.1. The predicted octanol–water partition coefficient (Wildman–Crippen LogP) is 3.53. The van der Waals surface area contributed by atoms with Crippen LogP contribution >= 0.6 is 0 Å². The lowest BCUT2D eigenvalue weighted by Gasteiger charge is -2.16. The second-order valence-corrected chi connectivity index (χ2v) is 6.51. The maximum absolute atomic E-state index is 13.0. The van der Waals surface area contributed by atoms with Crippen LogP contribution < -0.4 is 20.2 Å². The van der Waals surface area contributed by atoms with Gasteiger partial charge in [-0.2, -0.15) is 0 Å². The highest BCUT2D eigenvalue weighted by molar-refractivity contribution is 5.97. The molecule has 6 heteroatoms. The molecule has 0 spiro atoms. The van der Waals surface area contributed by atoms with Crippen molar-refractivity contribution >= 4 is 16.8 Å². The van der Waals surface area contributed by atoms with E-state index in [1.165, 1.54) is 0 Å². The van der Waals surface area contributed by atoms with Crippen LogP contribution in [0.15, 0.2) is 53.5 Å². The molecule has 146 valence electrons. The summed E-state index contributed by atoms with van der Waals surface area (Å²) in [6.07, 6.45) is 1.62. The molecule has 1 amide bonds. The third-order valence-electron chi connectivity index (χ3n) is 4.84. The standard InChI is InChI=1S/C22H24N2O4/c1-5-24-13-19(21(25)18-12-17(28-4)10-11-20(18)24)22(26)23-14(2)15-6-8-16(27-3)9-7-15/h6-14H,5H2,1-4H3,(H,23,26)/t14-/m1/s1. The van der Waals surface area contributed by atoms with Crippen molar-refractivity contribution in [2.24, 2.45) is 0 Å². The minimum Gasteiger partial charge on any atom is -0.497 e. The number of aryl methyl sites for hydroxylation is 1. The molecule has 0 bridgehead atoms. The number of nitrogens with one attached hydrogen (secondary N) is 1. The first-order valence-electron chi connectivity index (χ1n) is 9.14. The Hall–Kier alpha value is -3.28. The van der Waals surface area contributed by atoms with Crippen LogP contribution in [0.3, 0.4) is 0 Å². The SMILES string of the molecule is CCn1cc(C(=O)N[C@H](C)c2ccc(OC)cc2)c(=O)c2cc(OC)ccc21. The van der Waals surface area contributed by atoms with Gasteiger partial charge in [0.05, 0.1) is 31.2 Å². The molecule has 0 radical (unpaired) electrons. The second-order valence-electron chi connectivity index (χ2n) is 6.51. The number of amides is 1. The molecule has 1 heterocycles. The number of methoxy groups -OCH3 is 2. The lowest BCUT2D eigenvalue weighted by Crippen LogP contribution is -2.31. The summed E-state index contributed by atoms with van der Waals surface area (Å²) in [6.45, 7) is 4.48. The van der Waals surface area contributed by atoms with Crippen molar-refractivity contribution in [2.45, 2.75) is 26.4 Å². The van der Waals surface area contributed by atoms with Crippen LogP contribution in [0.5, 0.6) is 11.5 Å².